The van der Waals surface area contributed by atoms with Gasteiger partial charge in [0, 0.05) is 0 Å². The van der Waals surface area contributed by atoms with E-state index in [4.69, 9.17) is 21.7 Å². The van der Waals surface area contributed by atoms with Crippen LogP contribution in [-0.2, 0) is 4.79 Å². The Labute approximate surface area is 58.6 Å². The Bertz CT molecular complexity index is 115. The van der Waals surface area contributed by atoms with Crippen molar-refractivity contribution in [1.82, 2.24) is 0 Å². The number of aliphatic hydroxyl groups is 1. The van der Waals surface area contributed by atoms with Gasteiger partial charge in [-0.25, -0.2) is 0 Å². The summed E-state index contributed by atoms with van der Waals surface area (Å²) in [4.78, 5) is 10.1. The van der Waals surface area contributed by atoms with Crippen LogP contribution in [0.4, 0.5) is 0 Å². The molecule has 0 rings (SSSR count). The van der Waals surface area contributed by atoms with Gasteiger partial charge in [0.25, 0.3) is 0 Å². The zero-order valence-corrected chi connectivity index (χ0v) is 5.53. The van der Waals surface area contributed by atoms with Crippen LogP contribution in [-0.4, -0.2) is 28.5 Å². The van der Waals surface area contributed by atoms with Crippen molar-refractivity contribution in [3.05, 3.63) is 0 Å². The third kappa shape index (κ3) is 4.25. The average Bonchev–Trinajstić information content (AvgIpc) is 1.82. The van der Waals surface area contributed by atoms with Crippen molar-refractivity contribution in [3.8, 4) is 0 Å². The summed E-state index contributed by atoms with van der Waals surface area (Å²) >= 11 is 0. The van der Waals surface area contributed by atoms with Crippen LogP contribution in [0.3, 0.4) is 0 Å². The second-order valence-electron chi connectivity index (χ2n) is 2.09. The molecule has 2 unspecified atom stereocenters. The molecule has 0 radical (unpaired) electrons. The van der Waals surface area contributed by atoms with Gasteiger partial charge in [-0.05, 0) is 12.8 Å². The lowest BCUT2D eigenvalue weighted by Crippen LogP contribution is -2.32. The lowest BCUT2D eigenvalue weighted by Gasteiger charge is -2.06. The second kappa shape index (κ2) is 4.21. The summed E-state index contributed by atoms with van der Waals surface area (Å²) in [5.74, 6) is -1.07. The molecule has 2 atom stereocenters. The van der Waals surface area contributed by atoms with Gasteiger partial charge < -0.3 is 21.7 Å². The maximum Gasteiger partial charge on any atom is 0.320 e. The van der Waals surface area contributed by atoms with Gasteiger partial charge in [-0.2, -0.15) is 0 Å². The molecular weight excluding hydrogens is 136 g/mol. The van der Waals surface area contributed by atoms with Crippen molar-refractivity contribution in [1.29, 1.82) is 0 Å². The molecule has 10 heavy (non-hydrogen) atoms. The molecule has 5 heteroatoms. The Morgan fingerprint density at radius 3 is 2.20 bits per heavy atom. The largest absolute Gasteiger partial charge is 0.480 e. The molecule has 0 amide bonds. The molecule has 0 aromatic rings. The minimum absolute atomic E-state index is 0.201. The molecule has 0 aliphatic rings. The zero-order valence-electron chi connectivity index (χ0n) is 5.53. The van der Waals surface area contributed by atoms with Gasteiger partial charge >= 0.3 is 5.97 Å². The summed E-state index contributed by atoms with van der Waals surface area (Å²) in [6.07, 6.45) is -0.550. The van der Waals surface area contributed by atoms with Crippen molar-refractivity contribution in [2.75, 3.05) is 0 Å². The fourth-order valence-corrected chi connectivity index (χ4v) is 0.474. The Morgan fingerprint density at radius 1 is 1.40 bits per heavy atom. The second-order valence-corrected chi connectivity index (χ2v) is 2.09. The van der Waals surface area contributed by atoms with Crippen molar-refractivity contribution >= 4 is 5.97 Å². The third-order valence-electron chi connectivity index (χ3n) is 1.09. The molecule has 0 saturated carbocycles. The van der Waals surface area contributed by atoms with E-state index in [2.05, 4.69) is 0 Å². The van der Waals surface area contributed by atoms with Crippen LogP contribution in [0, 0.1) is 0 Å². The Balaban J connectivity index is 3.40. The van der Waals surface area contributed by atoms with Crippen molar-refractivity contribution < 1.29 is 15.0 Å². The summed E-state index contributed by atoms with van der Waals surface area (Å²) in [6.45, 7) is 0. The van der Waals surface area contributed by atoms with E-state index in [-0.39, 0.29) is 12.8 Å². The predicted octanol–water partition coefficient (Wildman–Crippen LogP) is -1.54. The van der Waals surface area contributed by atoms with E-state index in [1.54, 1.807) is 0 Å². The molecule has 0 aromatic heterocycles. The Kier molecular flexibility index (Phi) is 3.94. The Hall–Kier alpha value is -0.650. The molecule has 0 fully saturated rings. The molecular formula is C5H12N2O3. The van der Waals surface area contributed by atoms with Gasteiger partial charge in [0.1, 0.15) is 12.3 Å². The highest BCUT2D eigenvalue weighted by Gasteiger charge is 2.11. The number of rotatable bonds is 4. The van der Waals surface area contributed by atoms with Gasteiger partial charge in [0.15, 0.2) is 0 Å². The molecule has 0 aliphatic heterocycles. The van der Waals surface area contributed by atoms with Crippen molar-refractivity contribution in [2.45, 2.75) is 25.1 Å². The fourth-order valence-electron chi connectivity index (χ4n) is 0.474. The molecule has 0 aromatic carbocycles. The number of aliphatic carboxylic acids is 1. The van der Waals surface area contributed by atoms with Crippen LogP contribution in [0.2, 0.25) is 0 Å². The number of carboxylic acid groups (broad SMARTS) is 1. The quantitative estimate of drug-likeness (QED) is 0.361. The molecule has 5 nitrogen and oxygen atoms in total. The summed E-state index contributed by atoms with van der Waals surface area (Å²) in [7, 11) is 0. The van der Waals surface area contributed by atoms with Gasteiger partial charge in [0.05, 0.1) is 0 Å². The molecule has 6 N–H and O–H groups in total. The average molecular weight is 148 g/mol. The highest BCUT2D eigenvalue weighted by Crippen LogP contribution is 1.95. The summed E-state index contributed by atoms with van der Waals surface area (Å²) in [5, 5.41) is 16.8. The van der Waals surface area contributed by atoms with E-state index in [1.807, 2.05) is 0 Å². The minimum Gasteiger partial charge on any atom is -0.480 e. The molecule has 0 aliphatic carbocycles. The van der Waals surface area contributed by atoms with Crippen molar-refractivity contribution in [2.24, 2.45) is 11.5 Å². The topological polar surface area (TPSA) is 110 Å². The van der Waals surface area contributed by atoms with E-state index >= 15 is 0 Å². The van der Waals surface area contributed by atoms with Crippen LogP contribution >= 0.6 is 0 Å². The molecule has 0 bridgehead atoms. The summed E-state index contributed by atoms with van der Waals surface area (Å²) in [6, 6.07) is -0.918. The van der Waals surface area contributed by atoms with E-state index in [1.165, 1.54) is 0 Å². The number of carboxylic acids is 1. The molecule has 0 spiro atoms. The SMILES string of the molecule is NC(O)CCC(N)C(=O)O. The van der Waals surface area contributed by atoms with Crippen molar-refractivity contribution in [3.63, 3.8) is 0 Å². The minimum atomic E-state index is -1.07. The third-order valence-corrected chi connectivity index (χ3v) is 1.09. The number of carbonyl (C=O) groups is 1. The van der Waals surface area contributed by atoms with Crippen LogP contribution in [0.1, 0.15) is 12.8 Å². The van der Waals surface area contributed by atoms with Gasteiger partial charge in [-0.1, -0.05) is 0 Å². The fraction of sp³-hybridized carbons (Fsp3) is 0.800. The summed E-state index contributed by atoms with van der Waals surface area (Å²) in [5.41, 5.74) is 10.0. The first-order chi connectivity index (χ1) is 4.54. The Morgan fingerprint density at radius 2 is 1.90 bits per heavy atom. The highest BCUT2D eigenvalue weighted by atomic mass is 16.4. The molecule has 0 saturated heterocycles. The highest BCUT2D eigenvalue weighted by molar-refractivity contribution is 5.72. The van der Waals surface area contributed by atoms with Crippen LogP contribution in [0.15, 0.2) is 0 Å². The zero-order chi connectivity index (χ0) is 8.15. The van der Waals surface area contributed by atoms with Gasteiger partial charge in [-0.15, -0.1) is 0 Å². The first kappa shape index (κ1) is 9.35. The number of hydrogen-bond donors (Lipinski definition) is 4. The number of aliphatic hydroxyl groups excluding tert-OH is 1. The number of nitrogens with two attached hydrogens (primary N) is 2. The van der Waals surface area contributed by atoms with Gasteiger partial charge in [-0.3, -0.25) is 4.79 Å². The number of hydrogen-bond acceptors (Lipinski definition) is 4. The summed E-state index contributed by atoms with van der Waals surface area (Å²) < 4.78 is 0. The van der Waals surface area contributed by atoms with E-state index in [0.717, 1.165) is 0 Å². The molecule has 60 valence electrons. The maximum absolute atomic E-state index is 10.1. The normalized spacial score (nSPS) is 16.3. The smallest absolute Gasteiger partial charge is 0.320 e. The van der Waals surface area contributed by atoms with E-state index in [9.17, 15) is 4.79 Å². The molecule has 0 heterocycles. The first-order valence-electron chi connectivity index (χ1n) is 2.96. The first-order valence-corrected chi connectivity index (χ1v) is 2.96. The van der Waals surface area contributed by atoms with E-state index in [0.29, 0.717) is 0 Å². The monoisotopic (exact) mass is 148 g/mol. The van der Waals surface area contributed by atoms with Gasteiger partial charge in [0.2, 0.25) is 0 Å². The van der Waals surface area contributed by atoms with Crippen LogP contribution in [0.5, 0.6) is 0 Å². The lowest BCUT2D eigenvalue weighted by atomic mass is 10.1. The standard InChI is InChI=1S/C5H12N2O3/c6-3(5(9)10)1-2-4(7)8/h3-4,8H,1-2,6-7H2,(H,9,10). The lowest BCUT2D eigenvalue weighted by molar-refractivity contribution is -0.138. The van der Waals surface area contributed by atoms with Crippen LogP contribution in [0.25, 0.3) is 0 Å². The van der Waals surface area contributed by atoms with E-state index < -0.39 is 18.2 Å². The maximum atomic E-state index is 10.1. The van der Waals surface area contributed by atoms with Crippen LogP contribution < -0.4 is 11.5 Å². The predicted molar refractivity (Wildman–Crippen MR) is 35.0 cm³/mol.